The first kappa shape index (κ1) is 33.7. The zero-order chi connectivity index (χ0) is 34.4. The SMILES string of the molecule is COc1ccc(C(=O)C(Oc2cc(OC)c(O)c(C)c2Sc2nnnn2CC(=O)O)C(=O)Nc2cc(C(=O)O)cc(C(=O)O)c2)cc1. The number of phenolic OH excluding ortho intramolecular Hbond substituents is 1. The Kier molecular flexibility index (Phi) is 10.3. The second kappa shape index (κ2) is 14.3. The fourth-order valence-electron chi connectivity index (χ4n) is 4.10. The topological polar surface area (TPSA) is 250 Å². The lowest BCUT2D eigenvalue weighted by Gasteiger charge is -2.22. The number of aromatic hydroxyl groups is 1. The minimum Gasteiger partial charge on any atom is -0.504 e. The van der Waals surface area contributed by atoms with Crippen LogP contribution in [0.1, 0.15) is 36.6 Å². The zero-order valence-corrected chi connectivity index (χ0v) is 25.5. The predicted octanol–water partition coefficient (Wildman–Crippen LogP) is 2.61. The number of nitrogens with one attached hydrogen (secondary N) is 1. The summed E-state index contributed by atoms with van der Waals surface area (Å²) in [4.78, 5) is 62.2. The number of hydrogen-bond donors (Lipinski definition) is 5. The predicted molar refractivity (Wildman–Crippen MR) is 160 cm³/mol. The highest BCUT2D eigenvalue weighted by atomic mass is 32.2. The monoisotopic (exact) mass is 667 g/mol. The molecule has 4 rings (SSSR count). The van der Waals surface area contributed by atoms with Crippen molar-refractivity contribution < 1.29 is 58.6 Å². The first-order valence-corrected chi connectivity index (χ1v) is 14.0. The van der Waals surface area contributed by atoms with E-state index < -0.39 is 53.4 Å². The molecule has 47 heavy (non-hydrogen) atoms. The largest absolute Gasteiger partial charge is 0.504 e. The van der Waals surface area contributed by atoms with Crippen LogP contribution in [-0.4, -0.2) is 90.6 Å². The molecule has 5 N–H and O–H groups in total. The van der Waals surface area contributed by atoms with Crippen molar-refractivity contribution in [1.82, 2.24) is 20.2 Å². The van der Waals surface area contributed by atoms with Crippen molar-refractivity contribution in [3.63, 3.8) is 0 Å². The molecule has 0 saturated carbocycles. The number of aromatic nitrogens is 4. The van der Waals surface area contributed by atoms with Crippen LogP contribution >= 0.6 is 11.8 Å². The number of benzene rings is 3. The van der Waals surface area contributed by atoms with Gasteiger partial charge in [0, 0.05) is 22.9 Å². The Bertz CT molecular complexity index is 1840. The average Bonchev–Trinajstić information content (AvgIpc) is 3.47. The first-order valence-electron chi connectivity index (χ1n) is 13.2. The zero-order valence-electron chi connectivity index (χ0n) is 24.7. The molecule has 3 aromatic carbocycles. The van der Waals surface area contributed by atoms with Gasteiger partial charge in [-0.1, -0.05) is 0 Å². The fraction of sp³-hybridized carbons (Fsp3) is 0.172. The lowest BCUT2D eigenvalue weighted by molar-refractivity contribution is -0.138. The summed E-state index contributed by atoms with van der Waals surface area (Å²) in [7, 11) is 2.67. The third-order valence-electron chi connectivity index (χ3n) is 6.40. The molecule has 0 aliphatic heterocycles. The summed E-state index contributed by atoms with van der Waals surface area (Å²) in [6.07, 6.45) is -2.01. The van der Waals surface area contributed by atoms with E-state index in [0.717, 1.165) is 34.6 Å². The van der Waals surface area contributed by atoms with Gasteiger partial charge in [0.1, 0.15) is 18.0 Å². The van der Waals surface area contributed by atoms with Gasteiger partial charge in [0.15, 0.2) is 11.5 Å². The number of methoxy groups -OCH3 is 2. The van der Waals surface area contributed by atoms with Crippen molar-refractivity contribution in [3.8, 4) is 23.0 Å². The van der Waals surface area contributed by atoms with Crippen molar-refractivity contribution in [3.05, 3.63) is 70.8 Å². The Balaban J connectivity index is 1.82. The van der Waals surface area contributed by atoms with Crippen LogP contribution in [-0.2, 0) is 16.1 Å². The van der Waals surface area contributed by atoms with Crippen molar-refractivity contribution in [2.75, 3.05) is 19.5 Å². The molecule has 17 nitrogen and oxygen atoms in total. The molecule has 1 aromatic heterocycles. The minimum atomic E-state index is -2.01. The molecule has 1 heterocycles. The standard InChI is InChI=1S/C29H25N5O12S/c1-13-22(37)19(45-3)11-20(25(13)47-29-31-32-33-34(29)12-21(35)36)46-24(23(38)14-4-6-18(44-2)7-5-14)26(39)30-17-9-15(27(40)41)8-16(10-17)28(42)43/h4-11,24,37H,12H2,1-3H3,(H,30,39)(H,35,36)(H,40,41)(H,42,43). The van der Waals surface area contributed by atoms with Gasteiger partial charge < -0.3 is 40.0 Å². The summed E-state index contributed by atoms with van der Waals surface area (Å²) in [6.45, 7) is 0.852. The number of tetrazole rings is 1. The molecule has 4 aromatic rings. The summed E-state index contributed by atoms with van der Waals surface area (Å²) in [5, 5.41) is 52.2. The van der Waals surface area contributed by atoms with E-state index in [1.807, 2.05) is 0 Å². The summed E-state index contributed by atoms with van der Waals surface area (Å²) in [5.74, 6) is -6.42. The maximum absolute atomic E-state index is 13.8. The molecule has 0 aliphatic carbocycles. The highest BCUT2D eigenvalue weighted by Crippen LogP contribution is 2.45. The van der Waals surface area contributed by atoms with E-state index in [9.17, 15) is 44.4 Å². The summed E-state index contributed by atoms with van der Waals surface area (Å²) in [6, 6.07) is 9.75. The van der Waals surface area contributed by atoms with Crippen LogP contribution in [0.2, 0.25) is 0 Å². The lowest BCUT2D eigenvalue weighted by atomic mass is 10.0. The molecule has 0 saturated heterocycles. The number of ketones is 1. The number of nitrogens with zero attached hydrogens (tertiary/aromatic N) is 4. The molecule has 1 unspecified atom stereocenters. The average molecular weight is 668 g/mol. The Hall–Kier alpha value is -6.17. The van der Waals surface area contributed by atoms with E-state index in [1.165, 1.54) is 51.5 Å². The number of anilines is 1. The number of carbonyl (C=O) groups is 5. The normalized spacial score (nSPS) is 11.3. The van der Waals surface area contributed by atoms with Crippen molar-refractivity contribution >= 4 is 47.0 Å². The number of carbonyl (C=O) groups excluding carboxylic acids is 2. The van der Waals surface area contributed by atoms with Crippen LogP contribution in [0.15, 0.2) is 58.6 Å². The van der Waals surface area contributed by atoms with Crippen LogP contribution in [0.4, 0.5) is 5.69 Å². The molecule has 1 amide bonds. The first-order chi connectivity index (χ1) is 22.3. The number of amides is 1. The second-order valence-corrected chi connectivity index (χ2v) is 10.5. The van der Waals surface area contributed by atoms with E-state index in [0.29, 0.717) is 5.75 Å². The van der Waals surface area contributed by atoms with Gasteiger partial charge >= 0.3 is 17.9 Å². The van der Waals surface area contributed by atoms with Gasteiger partial charge in [0.05, 0.1) is 30.2 Å². The highest BCUT2D eigenvalue weighted by Gasteiger charge is 2.33. The van der Waals surface area contributed by atoms with Gasteiger partial charge in [0.2, 0.25) is 17.0 Å². The molecule has 0 bridgehead atoms. The Morgan fingerprint density at radius 2 is 1.53 bits per heavy atom. The number of aromatic carboxylic acids is 2. The lowest BCUT2D eigenvalue weighted by Crippen LogP contribution is -2.40. The Labute approximate surface area is 268 Å². The highest BCUT2D eigenvalue weighted by molar-refractivity contribution is 7.99. The van der Waals surface area contributed by atoms with E-state index in [4.69, 9.17) is 14.2 Å². The van der Waals surface area contributed by atoms with Gasteiger partial charge in [-0.05, 0) is 71.6 Å². The summed E-state index contributed by atoms with van der Waals surface area (Å²) in [5.41, 5.74) is -1.03. The molecular formula is C29H25N5O12S. The van der Waals surface area contributed by atoms with E-state index >= 15 is 0 Å². The molecule has 0 aliphatic rings. The van der Waals surface area contributed by atoms with Crippen LogP contribution < -0.4 is 19.5 Å². The molecule has 0 fully saturated rings. The van der Waals surface area contributed by atoms with Crippen molar-refractivity contribution in [2.45, 2.75) is 29.6 Å². The molecule has 0 spiro atoms. The van der Waals surface area contributed by atoms with Gasteiger partial charge in [-0.3, -0.25) is 14.4 Å². The van der Waals surface area contributed by atoms with Gasteiger partial charge in [-0.25, -0.2) is 14.3 Å². The molecule has 0 radical (unpaired) electrons. The third-order valence-corrected chi connectivity index (χ3v) is 7.59. The number of Topliss-reactive ketones (excluding diaryl/α,β-unsaturated/α-hetero) is 1. The number of rotatable bonds is 14. The third kappa shape index (κ3) is 7.74. The number of carboxylic acids is 3. The quantitative estimate of drug-likeness (QED) is 0.0957. The molecular weight excluding hydrogens is 642 g/mol. The van der Waals surface area contributed by atoms with Crippen LogP contribution in [0.3, 0.4) is 0 Å². The number of carboxylic acid groups (broad SMARTS) is 3. The van der Waals surface area contributed by atoms with E-state index in [-0.39, 0.29) is 44.1 Å². The van der Waals surface area contributed by atoms with Crippen LogP contribution in [0.25, 0.3) is 0 Å². The fourth-order valence-corrected chi connectivity index (χ4v) is 5.03. The molecule has 244 valence electrons. The van der Waals surface area contributed by atoms with Crippen LogP contribution in [0, 0.1) is 6.92 Å². The van der Waals surface area contributed by atoms with Gasteiger partial charge in [0.25, 0.3) is 5.91 Å². The van der Waals surface area contributed by atoms with E-state index in [2.05, 4.69) is 20.8 Å². The van der Waals surface area contributed by atoms with Gasteiger partial charge in [-0.15, -0.1) is 5.10 Å². The number of hydrogen-bond acceptors (Lipinski definition) is 13. The number of aliphatic carboxylic acids is 1. The van der Waals surface area contributed by atoms with Crippen molar-refractivity contribution in [2.24, 2.45) is 0 Å². The maximum Gasteiger partial charge on any atom is 0.335 e. The smallest absolute Gasteiger partial charge is 0.335 e. The molecule has 1 atom stereocenters. The maximum atomic E-state index is 13.8. The van der Waals surface area contributed by atoms with Crippen molar-refractivity contribution in [1.29, 1.82) is 0 Å². The Morgan fingerprint density at radius 3 is 2.09 bits per heavy atom. The van der Waals surface area contributed by atoms with E-state index in [1.54, 1.807) is 0 Å². The van der Waals surface area contributed by atoms with Crippen LogP contribution in [0.5, 0.6) is 23.0 Å². The second-order valence-electron chi connectivity index (χ2n) is 9.48. The number of ether oxygens (including phenoxy) is 3. The summed E-state index contributed by atoms with van der Waals surface area (Å²) >= 11 is 0.763. The number of phenols is 1. The summed E-state index contributed by atoms with van der Waals surface area (Å²) < 4.78 is 17.4. The van der Waals surface area contributed by atoms with Gasteiger partial charge in [-0.2, -0.15) is 0 Å². The minimum absolute atomic E-state index is 0.00136. The Morgan fingerprint density at radius 1 is 0.894 bits per heavy atom. The molecule has 18 heteroatoms.